The Hall–Kier alpha value is -0.870. The van der Waals surface area contributed by atoms with E-state index in [1.807, 2.05) is 6.07 Å². The number of carbonyl (C=O) groups excluding carboxylic acids is 1. The van der Waals surface area contributed by atoms with Crippen LogP contribution in [0.3, 0.4) is 0 Å². The zero-order valence-corrected chi connectivity index (χ0v) is 17.5. The predicted octanol–water partition coefficient (Wildman–Crippen LogP) is 6.05. The minimum absolute atomic E-state index is 0.270. The third-order valence-electron chi connectivity index (χ3n) is 4.57. The minimum Gasteiger partial charge on any atom is -0.280 e. The Balaban J connectivity index is 2.18. The lowest BCUT2D eigenvalue weighted by Crippen LogP contribution is -2.26. The molecule has 0 amide bonds. The molecule has 1 rings (SSSR count). The maximum atomic E-state index is 12.2. The van der Waals surface area contributed by atoms with Crippen LogP contribution >= 0.6 is 11.6 Å². The molecule has 0 fully saturated rings. The summed E-state index contributed by atoms with van der Waals surface area (Å²) in [5.74, 6) is -0.270. The van der Waals surface area contributed by atoms with Gasteiger partial charge >= 0.3 is 0 Å². The molecule has 1 aromatic rings. The molecule has 0 aliphatic rings. The molecule has 0 bridgehead atoms. The Morgan fingerprint density at radius 3 is 1.92 bits per heavy atom. The van der Waals surface area contributed by atoms with Crippen molar-refractivity contribution in [2.75, 3.05) is 0 Å². The average Bonchev–Trinajstić information content (AvgIpc) is 2.63. The van der Waals surface area contributed by atoms with Gasteiger partial charge in [-0.05, 0) is 12.0 Å². The molecule has 0 aliphatic heterocycles. The lowest BCUT2D eigenvalue weighted by Gasteiger charge is -2.09. The molecule has 0 saturated heterocycles. The van der Waals surface area contributed by atoms with Crippen molar-refractivity contribution in [3.63, 3.8) is 0 Å². The number of unbranched alkanes of at least 4 members (excludes halogenated alkanes) is 9. The summed E-state index contributed by atoms with van der Waals surface area (Å²) in [7, 11) is -3.85. The SMILES string of the molecule is CCCCCCCCCCCCC(Cl)C(=O)S(=O)(=O)Cc1ccccc1. The van der Waals surface area contributed by atoms with Gasteiger partial charge in [0.25, 0.3) is 5.12 Å². The van der Waals surface area contributed by atoms with Crippen molar-refractivity contribution in [1.82, 2.24) is 0 Å². The summed E-state index contributed by atoms with van der Waals surface area (Å²) in [6.07, 6.45) is 12.4. The minimum atomic E-state index is -3.85. The van der Waals surface area contributed by atoms with Crippen LogP contribution in [0.1, 0.15) is 83.1 Å². The predicted molar refractivity (Wildman–Crippen MR) is 110 cm³/mol. The molecule has 26 heavy (non-hydrogen) atoms. The van der Waals surface area contributed by atoms with Crippen molar-refractivity contribution in [1.29, 1.82) is 0 Å². The Kier molecular flexibility index (Phi) is 11.9. The number of hydrogen-bond donors (Lipinski definition) is 0. The van der Waals surface area contributed by atoms with Gasteiger partial charge in [-0.3, -0.25) is 4.79 Å². The summed E-state index contributed by atoms with van der Waals surface area (Å²) in [5.41, 5.74) is 0.614. The number of benzene rings is 1. The van der Waals surface area contributed by atoms with Crippen LogP contribution in [-0.4, -0.2) is 18.9 Å². The van der Waals surface area contributed by atoms with Gasteiger partial charge in [0.1, 0.15) is 5.38 Å². The molecule has 0 aromatic heterocycles. The summed E-state index contributed by atoms with van der Waals surface area (Å²) < 4.78 is 24.4. The fraction of sp³-hybridized carbons (Fsp3) is 0.667. The molecule has 148 valence electrons. The molecule has 0 heterocycles. The highest BCUT2D eigenvalue weighted by molar-refractivity contribution is 8.05. The third-order valence-corrected chi connectivity index (χ3v) is 6.73. The summed E-state index contributed by atoms with van der Waals surface area (Å²) in [6, 6.07) is 8.74. The van der Waals surface area contributed by atoms with E-state index in [1.165, 1.54) is 44.9 Å². The van der Waals surface area contributed by atoms with Crippen LogP contribution in [0, 0.1) is 0 Å². The van der Waals surface area contributed by atoms with Gasteiger partial charge in [0, 0.05) is 0 Å². The Bertz CT molecular complexity index is 599. The van der Waals surface area contributed by atoms with Gasteiger partial charge in [-0.15, -0.1) is 11.6 Å². The van der Waals surface area contributed by atoms with Crippen LogP contribution in [0.5, 0.6) is 0 Å². The lowest BCUT2D eigenvalue weighted by atomic mass is 10.1. The maximum Gasteiger partial charge on any atom is 0.264 e. The zero-order chi connectivity index (χ0) is 19.3. The summed E-state index contributed by atoms with van der Waals surface area (Å²) in [6.45, 7) is 2.22. The molecule has 1 aromatic carbocycles. The van der Waals surface area contributed by atoms with Gasteiger partial charge in [0.05, 0.1) is 5.75 Å². The number of sulfone groups is 1. The van der Waals surface area contributed by atoms with E-state index in [0.29, 0.717) is 12.0 Å². The highest BCUT2D eigenvalue weighted by Gasteiger charge is 2.29. The Morgan fingerprint density at radius 2 is 1.38 bits per heavy atom. The van der Waals surface area contributed by atoms with Crippen molar-refractivity contribution in [3.8, 4) is 0 Å². The molecule has 0 saturated carbocycles. The van der Waals surface area contributed by atoms with E-state index in [0.717, 1.165) is 19.3 Å². The number of carbonyl (C=O) groups is 1. The van der Waals surface area contributed by atoms with Crippen LogP contribution in [0.2, 0.25) is 0 Å². The molecule has 0 radical (unpaired) electrons. The van der Waals surface area contributed by atoms with Crippen LogP contribution in [0.4, 0.5) is 0 Å². The summed E-state index contributed by atoms with van der Waals surface area (Å²) >= 11 is 6.06. The van der Waals surface area contributed by atoms with Crippen molar-refractivity contribution >= 4 is 26.6 Å². The van der Waals surface area contributed by atoms with E-state index < -0.39 is 20.3 Å². The topological polar surface area (TPSA) is 51.2 Å². The molecule has 1 unspecified atom stereocenters. The molecule has 0 aliphatic carbocycles. The molecular weight excluding hydrogens is 368 g/mol. The van der Waals surface area contributed by atoms with E-state index in [2.05, 4.69) is 6.92 Å². The summed E-state index contributed by atoms with van der Waals surface area (Å²) in [4.78, 5) is 12.1. The second-order valence-electron chi connectivity index (χ2n) is 7.00. The molecule has 3 nitrogen and oxygen atoms in total. The number of rotatable bonds is 14. The van der Waals surface area contributed by atoms with Crippen molar-refractivity contribution in [2.24, 2.45) is 0 Å². The summed E-state index contributed by atoms with van der Waals surface area (Å²) in [5, 5.41) is -1.77. The molecule has 1 atom stereocenters. The van der Waals surface area contributed by atoms with Crippen LogP contribution in [-0.2, 0) is 20.4 Å². The largest absolute Gasteiger partial charge is 0.280 e. The van der Waals surface area contributed by atoms with Crippen LogP contribution < -0.4 is 0 Å². The van der Waals surface area contributed by atoms with Crippen LogP contribution in [0.15, 0.2) is 30.3 Å². The number of alkyl halides is 1. The number of halogens is 1. The normalized spacial score (nSPS) is 12.8. The second-order valence-corrected chi connectivity index (χ2v) is 9.45. The first-order chi connectivity index (χ1) is 12.5. The van der Waals surface area contributed by atoms with Crippen molar-refractivity contribution in [3.05, 3.63) is 35.9 Å². The van der Waals surface area contributed by atoms with Gasteiger partial charge in [0.2, 0.25) is 9.84 Å². The fourth-order valence-electron chi connectivity index (χ4n) is 2.99. The smallest absolute Gasteiger partial charge is 0.264 e. The molecule has 0 N–H and O–H groups in total. The third kappa shape index (κ3) is 9.72. The van der Waals surface area contributed by atoms with Gasteiger partial charge in [-0.1, -0.05) is 101 Å². The van der Waals surface area contributed by atoms with Crippen LogP contribution in [0.25, 0.3) is 0 Å². The highest BCUT2D eigenvalue weighted by Crippen LogP contribution is 2.18. The Labute approximate surface area is 164 Å². The van der Waals surface area contributed by atoms with E-state index in [9.17, 15) is 13.2 Å². The molecule has 0 spiro atoms. The maximum absolute atomic E-state index is 12.2. The fourth-order valence-corrected chi connectivity index (χ4v) is 4.83. The van der Waals surface area contributed by atoms with Gasteiger partial charge in [-0.25, -0.2) is 8.42 Å². The monoisotopic (exact) mass is 400 g/mol. The van der Waals surface area contributed by atoms with E-state index in [4.69, 9.17) is 11.6 Å². The highest BCUT2D eigenvalue weighted by atomic mass is 35.5. The second kappa shape index (κ2) is 13.3. The first kappa shape index (κ1) is 23.2. The van der Waals surface area contributed by atoms with Gasteiger partial charge < -0.3 is 0 Å². The first-order valence-electron chi connectivity index (χ1n) is 9.92. The molecular formula is C21H33ClO3S. The zero-order valence-electron chi connectivity index (χ0n) is 16.0. The van der Waals surface area contributed by atoms with Crippen molar-refractivity contribution < 1.29 is 13.2 Å². The standard InChI is InChI=1S/C21H33ClO3S/c1-2-3-4-5-6-7-8-9-10-14-17-20(22)21(23)26(24,25)18-19-15-12-11-13-16-19/h11-13,15-16,20H,2-10,14,17-18H2,1H3. The van der Waals surface area contributed by atoms with Gasteiger partial charge in [-0.2, -0.15) is 0 Å². The van der Waals surface area contributed by atoms with E-state index in [-0.39, 0.29) is 5.75 Å². The van der Waals surface area contributed by atoms with E-state index in [1.54, 1.807) is 24.3 Å². The van der Waals surface area contributed by atoms with Gasteiger partial charge in [0.15, 0.2) is 0 Å². The molecule has 5 heteroatoms. The first-order valence-corrected chi connectivity index (χ1v) is 12.0. The quantitative estimate of drug-likeness (QED) is 0.282. The average molecular weight is 401 g/mol. The van der Waals surface area contributed by atoms with Crippen molar-refractivity contribution in [2.45, 2.75) is 88.7 Å². The Morgan fingerprint density at radius 1 is 0.885 bits per heavy atom. The lowest BCUT2D eigenvalue weighted by molar-refractivity contribution is -0.111. The number of hydrogen-bond acceptors (Lipinski definition) is 3. The van der Waals surface area contributed by atoms with E-state index >= 15 is 0 Å².